The van der Waals surface area contributed by atoms with Gasteiger partial charge in [-0.3, -0.25) is 4.79 Å². The van der Waals surface area contributed by atoms with E-state index in [-0.39, 0.29) is 29.6 Å². The van der Waals surface area contributed by atoms with Crippen molar-refractivity contribution in [3.8, 4) is 0 Å². The summed E-state index contributed by atoms with van der Waals surface area (Å²) in [7, 11) is -4.33. The predicted octanol–water partition coefficient (Wildman–Crippen LogP) is -2.99. The molecule has 0 bridgehead atoms. The Morgan fingerprint density at radius 2 is 1.93 bits per heavy atom. The van der Waals surface area contributed by atoms with Gasteiger partial charge in [0.2, 0.25) is 5.91 Å². The van der Waals surface area contributed by atoms with Gasteiger partial charge in [0.1, 0.15) is 0 Å². The maximum atomic E-state index is 11.0. The summed E-state index contributed by atoms with van der Waals surface area (Å²) in [4.78, 5) is 11.0. The first-order valence-electron chi connectivity index (χ1n) is 4.05. The SMILES string of the molecule is CC=CC(=O)NC(C)(C)CS(=O)(=O)[O-].[Na+]. The zero-order chi connectivity index (χ0) is 11.4. The summed E-state index contributed by atoms with van der Waals surface area (Å²) in [6.07, 6.45) is 2.79. The zero-order valence-electron chi connectivity index (χ0n) is 9.40. The van der Waals surface area contributed by atoms with Crippen molar-refractivity contribution in [1.82, 2.24) is 5.32 Å². The Hall–Kier alpha value is 0.120. The minimum atomic E-state index is -4.33. The van der Waals surface area contributed by atoms with Crippen molar-refractivity contribution in [2.45, 2.75) is 26.3 Å². The van der Waals surface area contributed by atoms with Gasteiger partial charge >= 0.3 is 29.6 Å². The van der Waals surface area contributed by atoms with Gasteiger partial charge in [0.25, 0.3) is 0 Å². The Balaban J connectivity index is 0. The number of nitrogens with one attached hydrogen (secondary N) is 1. The van der Waals surface area contributed by atoms with Crippen LogP contribution in [0, 0.1) is 0 Å². The van der Waals surface area contributed by atoms with Crippen molar-refractivity contribution in [3.05, 3.63) is 12.2 Å². The molecule has 0 saturated carbocycles. The van der Waals surface area contributed by atoms with Crippen molar-refractivity contribution < 1.29 is 47.3 Å². The molecule has 0 heterocycles. The molecule has 7 heteroatoms. The summed E-state index contributed by atoms with van der Waals surface area (Å²) in [5, 5.41) is 2.41. The minimum Gasteiger partial charge on any atom is -0.748 e. The van der Waals surface area contributed by atoms with Gasteiger partial charge < -0.3 is 9.87 Å². The number of allylic oxidation sites excluding steroid dienone is 1. The van der Waals surface area contributed by atoms with E-state index in [1.165, 1.54) is 26.0 Å². The summed E-state index contributed by atoms with van der Waals surface area (Å²) in [6, 6.07) is 0. The molecule has 0 rings (SSSR count). The van der Waals surface area contributed by atoms with E-state index in [4.69, 9.17) is 0 Å². The number of rotatable bonds is 4. The Morgan fingerprint density at radius 1 is 1.47 bits per heavy atom. The molecule has 0 saturated heterocycles. The Kier molecular flexibility index (Phi) is 7.76. The van der Waals surface area contributed by atoms with Crippen LogP contribution in [0.15, 0.2) is 12.2 Å². The molecule has 0 radical (unpaired) electrons. The first-order valence-corrected chi connectivity index (χ1v) is 5.62. The average molecular weight is 243 g/mol. The fourth-order valence-corrected chi connectivity index (χ4v) is 1.96. The van der Waals surface area contributed by atoms with Crippen LogP contribution in [0.3, 0.4) is 0 Å². The first-order chi connectivity index (χ1) is 6.16. The summed E-state index contributed by atoms with van der Waals surface area (Å²) in [5.41, 5.74) is -1.04. The number of carbonyl (C=O) groups excluding carboxylic acids is 1. The molecule has 0 aliphatic carbocycles. The molecule has 0 aromatic rings. The molecule has 1 N–H and O–H groups in total. The molecule has 1 amide bonds. The fourth-order valence-electron chi connectivity index (χ4n) is 1.00. The molecule has 0 spiro atoms. The van der Waals surface area contributed by atoms with E-state index >= 15 is 0 Å². The van der Waals surface area contributed by atoms with Crippen LogP contribution in [-0.4, -0.2) is 30.2 Å². The predicted molar refractivity (Wildman–Crippen MR) is 51.6 cm³/mol. The van der Waals surface area contributed by atoms with E-state index in [1.807, 2.05) is 0 Å². The van der Waals surface area contributed by atoms with Gasteiger partial charge in [-0.1, -0.05) is 6.08 Å². The van der Waals surface area contributed by atoms with Gasteiger partial charge in [-0.25, -0.2) is 8.42 Å². The second kappa shape index (κ2) is 6.65. The molecule has 5 nitrogen and oxygen atoms in total. The Bertz CT molecular complexity index is 335. The summed E-state index contributed by atoms with van der Waals surface area (Å²) in [6.45, 7) is 4.62. The van der Waals surface area contributed by atoms with E-state index in [0.29, 0.717) is 0 Å². The largest absolute Gasteiger partial charge is 1.00 e. The first kappa shape index (κ1) is 17.5. The van der Waals surface area contributed by atoms with Gasteiger partial charge in [-0.15, -0.1) is 0 Å². The number of hydrogen-bond donors (Lipinski definition) is 1. The zero-order valence-corrected chi connectivity index (χ0v) is 12.2. The van der Waals surface area contributed by atoms with Crippen LogP contribution in [0.25, 0.3) is 0 Å². The van der Waals surface area contributed by atoms with Crippen LogP contribution in [0.5, 0.6) is 0 Å². The van der Waals surface area contributed by atoms with Crippen molar-refractivity contribution in [2.24, 2.45) is 0 Å². The van der Waals surface area contributed by atoms with E-state index in [0.717, 1.165) is 0 Å². The number of hydrogen-bond acceptors (Lipinski definition) is 4. The second-order valence-corrected chi connectivity index (χ2v) is 4.98. The standard InChI is InChI=1S/C8H15NO4S.Na/c1-4-5-7(10)9-8(2,3)6-14(11,12)13;/h4-5H,6H2,1-3H3,(H,9,10)(H,11,12,13);/q;+1/p-1. The van der Waals surface area contributed by atoms with Crippen LogP contribution in [0.4, 0.5) is 0 Å². The molecule has 0 unspecified atom stereocenters. The molecular weight excluding hydrogens is 229 g/mol. The van der Waals surface area contributed by atoms with Crippen molar-refractivity contribution in [3.63, 3.8) is 0 Å². The number of amides is 1. The van der Waals surface area contributed by atoms with Crippen LogP contribution in [0.2, 0.25) is 0 Å². The average Bonchev–Trinajstić information content (AvgIpc) is 1.78. The van der Waals surface area contributed by atoms with E-state index < -0.39 is 27.3 Å². The molecule has 0 aliphatic rings. The quantitative estimate of drug-likeness (QED) is 0.324. The molecule has 82 valence electrons. The summed E-state index contributed by atoms with van der Waals surface area (Å²) >= 11 is 0. The topological polar surface area (TPSA) is 86.3 Å². The van der Waals surface area contributed by atoms with Crippen LogP contribution in [0.1, 0.15) is 20.8 Å². The maximum absolute atomic E-state index is 11.0. The van der Waals surface area contributed by atoms with Gasteiger partial charge in [-0.2, -0.15) is 0 Å². The van der Waals surface area contributed by atoms with Crippen LogP contribution < -0.4 is 34.9 Å². The van der Waals surface area contributed by atoms with Gasteiger partial charge in [0.15, 0.2) is 0 Å². The Labute approximate surface area is 112 Å². The normalized spacial score (nSPS) is 12.3. The molecular formula is C8H14NNaO4S. The molecule has 0 fully saturated rings. The van der Waals surface area contributed by atoms with Crippen molar-refractivity contribution in [1.29, 1.82) is 0 Å². The van der Waals surface area contributed by atoms with Crippen molar-refractivity contribution >= 4 is 16.0 Å². The van der Waals surface area contributed by atoms with E-state index in [1.54, 1.807) is 6.92 Å². The van der Waals surface area contributed by atoms with E-state index in [9.17, 15) is 17.8 Å². The number of carbonyl (C=O) groups is 1. The van der Waals surface area contributed by atoms with Gasteiger partial charge in [-0.05, 0) is 26.8 Å². The molecule has 0 aromatic heterocycles. The second-order valence-electron chi connectivity index (χ2n) is 3.58. The maximum Gasteiger partial charge on any atom is 1.00 e. The third-order valence-electron chi connectivity index (χ3n) is 1.32. The molecule has 0 atom stereocenters. The molecule has 15 heavy (non-hydrogen) atoms. The Morgan fingerprint density at radius 3 is 2.27 bits per heavy atom. The third-order valence-corrected chi connectivity index (χ3v) is 2.39. The summed E-state index contributed by atoms with van der Waals surface area (Å²) in [5.74, 6) is -1.04. The smallest absolute Gasteiger partial charge is 0.748 e. The molecule has 0 aliphatic heterocycles. The minimum absolute atomic E-state index is 0. The van der Waals surface area contributed by atoms with Crippen LogP contribution in [-0.2, 0) is 14.9 Å². The summed E-state index contributed by atoms with van der Waals surface area (Å²) < 4.78 is 31.4. The van der Waals surface area contributed by atoms with E-state index in [2.05, 4.69) is 5.32 Å². The van der Waals surface area contributed by atoms with Gasteiger partial charge in [0.05, 0.1) is 15.9 Å². The van der Waals surface area contributed by atoms with Crippen molar-refractivity contribution in [2.75, 3.05) is 5.75 Å². The van der Waals surface area contributed by atoms with Gasteiger partial charge in [0, 0.05) is 5.54 Å². The van der Waals surface area contributed by atoms with Crippen LogP contribution >= 0.6 is 0 Å². The third kappa shape index (κ3) is 10.4. The molecule has 0 aromatic carbocycles. The monoisotopic (exact) mass is 243 g/mol. The fraction of sp³-hybridized carbons (Fsp3) is 0.625.